The number of carbonyl (C=O) groups is 1. The largest absolute Gasteiger partial charge is 0.444 e. The van der Waals surface area contributed by atoms with E-state index in [0.717, 1.165) is 6.42 Å². The van der Waals surface area contributed by atoms with E-state index in [-0.39, 0.29) is 17.7 Å². The third-order valence-electron chi connectivity index (χ3n) is 3.15. The van der Waals surface area contributed by atoms with Gasteiger partial charge in [-0.05, 0) is 60.1 Å². The maximum atomic E-state index is 11.9. The second kappa shape index (κ2) is 7.47. The van der Waals surface area contributed by atoms with E-state index in [9.17, 15) is 4.79 Å². The summed E-state index contributed by atoms with van der Waals surface area (Å²) >= 11 is 1.84. The van der Waals surface area contributed by atoms with Crippen molar-refractivity contribution in [3.05, 3.63) is 21.9 Å². The van der Waals surface area contributed by atoms with Gasteiger partial charge in [0.25, 0.3) is 0 Å². The fourth-order valence-electron chi connectivity index (χ4n) is 1.95. The van der Waals surface area contributed by atoms with Crippen LogP contribution in [0.3, 0.4) is 0 Å². The molecule has 0 fully saturated rings. The van der Waals surface area contributed by atoms with Gasteiger partial charge in [-0.25, -0.2) is 4.79 Å². The zero-order chi connectivity index (χ0) is 17.0. The Balaban J connectivity index is 2.49. The molecule has 126 valence electrons. The Morgan fingerprint density at radius 3 is 2.41 bits per heavy atom. The maximum absolute atomic E-state index is 11.9. The van der Waals surface area contributed by atoms with E-state index in [1.807, 2.05) is 46.0 Å². The summed E-state index contributed by atoms with van der Waals surface area (Å²) in [5.74, 6) is 0. The maximum Gasteiger partial charge on any atom is 0.408 e. The van der Waals surface area contributed by atoms with Crippen molar-refractivity contribution >= 4 is 17.4 Å². The van der Waals surface area contributed by atoms with Gasteiger partial charge in [-0.1, -0.05) is 6.92 Å². The highest BCUT2D eigenvalue weighted by atomic mass is 32.1. The summed E-state index contributed by atoms with van der Waals surface area (Å²) in [7, 11) is 0. The highest BCUT2D eigenvalue weighted by Crippen LogP contribution is 2.23. The molecule has 1 amide bonds. The molecule has 0 aliphatic heterocycles. The molecule has 2 N–H and O–H groups in total. The molecule has 0 saturated carbocycles. The summed E-state index contributed by atoms with van der Waals surface area (Å²) in [5.41, 5.74) is -0.851. The predicted octanol–water partition coefficient (Wildman–Crippen LogP) is 4.26. The summed E-state index contributed by atoms with van der Waals surface area (Å²) in [6.45, 7) is 14.6. The highest BCUT2D eigenvalue weighted by molar-refractivity contribution is 7.12. The van der Waals surface area contributed by atoms with E-state index in [1.54, 1.807) is 0 Å². The van der Waals surface area contributed by atoms with Crippen molar-refractivity contribution in [1.82, 2.24) is 10.6 Å². The van der Waals surface area contributed by atoms with Gasteiger partial charge in [0, 0.05) is 22.3 Å². The molecule has 5 heteroatoms. The number of thiophene rings is 1. The molecule has 1 aromatic rings. The molecule has 0 bridgehead atoms. The van der Waals surface area contributed by atoms with Crippen LogP contribution < -0.4 is 10.6 Å². The second-order valence-corrected chi connectivity index (χ2v) is 8.47. The summed E-state index contributed by atoms with van der Waals surface area (Å²) in [6.07, 6.45) is 0.694. The van der Waals surface area contributed by atoms with Gasteiger partial charge in [0.1, 0.15) is 5.60 Å². The van der Waals surface area contributed by atoms with Crippen molar-refractivity contribution in [3.63, 3.8) is 0 Å². The van der Waals surface area contributed by atoms with Crippen LogP contribution in [0.1, 0.15) is 64.3 Å². The Kier molecular flexibility index (Phi) is 6.44. The summed E-state index contributed by atoms with van der Waals surface area (Å²) in [4.78, 5) is 14.6. The first-order valence-corrected chi connectivity index (χ1v) is 8.67. The Morgan fingerprint density at radius 1 is 1.27 bits per heavy atom. The molecular weight excluding hydrogens is 296 g/mol. The fraction of sp³-hybridized carbons (Fsp3) is 0.706. The van der Waals surface area contributed by atoms with Crippen LogP contribution in [-0.4, -0.2) is 23.8 Å². The van der Waals surface area contributed by atoms with Crippen LogP contribution in [0.15, 0.2) is 12.1 Å². The molecule has 1 atom stereocenters. The fourth-order valence-corrected chi connectivity index (χ4v) is 2.93. The van der Waals surface area contributed by atoms with Gasteiger partial charge < -0.3 is 15.4 Å². The Bertz CT molecular complexity index is 489. The number of hydrogen-bond donors (Lipinski definition) is 2. The molecule has 22 heavy (non-hydrogen) atoms. The molecule has 0 spiro atoms. The van der Waals surface area contributed by atoms with Gasteiger partial charge in [0.2, 0.25) is 0 Å². The van der Waals surface area contributed by atoms with Gasteiger partial charge in [0.15, 0.2) is 0 Å². The summed E-state index contributed by atoms with van der Waals surface area (Å²) in [5, 5.41) is 6.40. The van der Waals surface area contributed by atoms with Crippen LogP contribution in [0.5, 0.6) is 0 Å². The number of rotatable bonds is 6. The first-order chi connectivity index (χ1) is 10.0. The minimum atomic E-state index is -0.478. The van der Waals surface area contributed by atoms with Crippen LogP contribution in [0.2, 0.25) is 0 Å². The second-order valence-electron chi connectivity index (χ2n) is 7.27. The van der Waals surface area contributed by atoms with Crippen molar-refractivity contribution in [1.29, 1.82) is 0 Å². The number of nitrogens with one attached hydrogen (secondary N) is 2. The zero-order valence-corrected chi connectivity index (χ0v) is 15.7. The Morgan fingerprint density at radius 2 is 1.91 bits per heavy atom. The van der Waals surface area contributed by atoms with Crippen LogP contribution in [0, 0.1) is 0 Å². The SMILES string of the molecule is CCc1ccc(C(C)NCC(C)(C)NC(=O)OC(C)(C)C)s1. The normalized spacial score (nSPS) is 13.8. The van der Waals surface area contributed by atoms with E-state index in [0.29, 0.717) is 6.54 Å². The third-order valence-corrected chi connectivity index (χ3v) is 4.56. The lowest BCUT2D eigenvalue weighted by Crippen LogP contribution is -2.51. The van der Waals surface area contributed by atoms with Gasteiger partial charge in [0.05, 0.1) is 5.54 Å². The lowest BCUT2D eigenvalue weighted by molar-refractivity contribution is 0.0471. The standard InChI is InChI=1S/C17H30N2O2S/c1-8-13-9-10-14(22-13)12(2)18-11-17(6,7)19-15(20)21-16(3,4)5/h9-10,12,18H,8,11H2,1-7H3,(H,19,20). The minimum absolute atomic E-state index is 0.269. The quantitative estimate of drug-likeness (QED) is 0.821. The van der Waals surface area contributed by atoms with Crippen molar-refractivity contribution in [2.75, 3.05) is 6.54 Å². The van der Waals surface area contributed by atoms with E-state index in [1.165, 1.54) is 9.75 Å². The molecule has 1 rings (SSSR count). The van der Waals surface area contributed by atoms with E-state index < -0.39 is 5.60 Å². The van der Waals surface area contributed by atoms with E-state index >= 15 is 0 Å². The van der Waals surface area contributed by atoms with Crippen molar-refractivity contribution in [2.45, 2.75) is 72.1 Å². The topological polar surface area (TPSA) is 50.4 Å². The molecule has 1 heterocycles. The summed E-state index contributed by atoms with van der Waals surface area (Å²) in [6, 6.07) is 4.63. The average Bonchev–Trinajstić information content (AvgIpc) is 2.81. The molecule has 1 unspecified atom stereocenters. The summed E-state index contributed by atoms with van der Waals surface area (Å²) < 4.78 is 5.31. The number of hydrogen-bond acceptors (Lipinski definition) is 4. The molecule has 1 aromatic heterocycles. The molecule has 0 aromatic carbocycles. The first-order valence-electron chi connectivity index (χ1n) is 7.85. The third kappa shape index (κ3) is 6.79. The monoisotopic (exact) mass is 326 g/mol. The number of alkyl carbamates (subject to hydrolysis) is 1. The smallest absolute Gasteiger partial charge is 0.408 e. The number of amides is 1. The van der Waals surface area contributed by atoms with Crippen LogP contribution in [0.25, 0.3) is 0 Å². The number of carbonyl (C=O) groups excluding carboxylic acids is 1. The van der Waals surface area contributed by atoms with Crippen molar-refractivity contribution in [2.24, 2.45) is 0 Å². The van der Waals surface area contributed by atoms with E-state index in [2.05, 4.69) is 36.6 Å². The van der Waals surface area contributed by atoms with Crippen LogP contribution in [-0.2, 0) is 11.2 Å². The average molecular weight is 327 g/mol. The molecule has 0 saturated heterocycles. The van der Waals surface area contributed by atoms with Crippen LogP contribution in [0.4, 0.5) is 4.79 Å². The predicted molar refractivity (Wildman–Crippen MR) is 93.6 cm³/mol. The van der Waals surface area contributed by atoms with Gasteiger partial charge in [-0.15, -0.1) is 11.3 Å². The van der Waals surface area contributed by atoms with Crippen molar-refractivity contribution in [3.8, 4) is 0 Å². The molecular formula is C17H30N2O2S. The zero-order valence-electron chi connectivity index (χ0n) is 14.9. The molecule has 0 aliphatic carbocycles. The van der Waals surface area contributed by atoms with Gasteiger partial charge in [-0.2, -0.15) is 0 Å². The molecule has 4 nitrogen and oxygen atoms in total. The number of ether oxygens (including phenoxy) is 1. The van der Waals surface area contributed by atoms with E-state index in [4.69, 9.17) is 4.74 Å². The lowest BCUT2D eigenvalue weighted by Gasteiger charge is -2.30. The lowest BCUT2D eigenvalue weighted by atomic mass is 10.1. The Labute approximate surface area is 138 Å². The number of aryl methyl sites for hydroxylation is 1. The molecule has 0 radical (unpaired) electrons. The highest BCUT2D eigenvalue weighted by Gasteiger charge is 2.25. The molecule has 0 aliphatic rings. The Hall–Kier alpha value is -1.07. The van der Waals surface area contributed by atoms with Gasteiger partial charge in [-0.3, -0.25) is 0 Å². The van der Waals surface area contributed by atoms with Crippen LogP contribution >= 0.6 is 11.3 Å². The first kappa shape index (κ1) is 19.0. The van der Waals surface area contributed by atoms with Gasteiger partial charge >= 0.3 is 6.09 Å². The minimum Gasteiger partial charge on any atom is -0.444 e. The van der Waals surface area contributed by atoms with Crippen molar-refractivity contribution < 1.29 is 9.53 Å².